The average Bonchev–Trinajstić information content (AvgIpc) is 2.38. The lowest BCUT2D eigenvalue weighted by molar-refractivity contribution is 0.0698. The van der Waals surface area contributed by atoms with Crippen molar-refractivity contribution in [2.75, 3.05) is 20.3 Å². The Kier molecular flexibility index (Phi) is 6.12. The Bertz CT molecular complexity index is 403. The maximum atomic E-state index is 12.9. The molecule has 0 bridgehead atoms. The van der Waals surface area contributed by atoms with Crippen LogP contribution >= 0.6 is 0 Å². The number of nitrogens with zero attached hydrogens (tertiary/aromatic N) is 1. The summed E-state index contributed by atoms with van der Waals surface area (Å²) in [6.45, 7) is 7.25. The van der Waals surface area contributed by atoms with Crippen molar-refractivity contribution in [2.24, 2.45) is 0 Å². The Hall–Kier alpha value is -1.26. The summed E-state index contributed by atoms with van der Waals surface area (Å²) in [5, 5.41) is 0. The molecule has 1 rings (SSSR count). The first-order chi connectivity index (χ1) is 8.97. The van der Waals surface area contributed by atoms with Gasteiger partial charge in [0.05, 0.1) is 12.6 Å². The van der Waals surface area contributed by atoms with E-state index >= 15 is 0 Å². The number of hydrogen-bond acceptors (Lipinski definition) is 3. The van der Waals surface area contributed by atoms with Gasteiger partial charge in [-0.2, -0.15) is 0 Å². The molecule has 0 N–H and O–H groups in total. The number of ketones is 1. The minimum atomic E-state index is -0.329. The SMILES string of the molecule is COCCN(C(C)C)C(C)C(=O)c1ccc(F)cc1. The summed E-state index contributed by atoms with van der Waals surface area (Å²) >= 11 is 0. The maximum absolute atomic E-state index is 12.9. The van der Waals surface area contributed by atoms with Crippen LogP contribution in [0.25, 0.3) is 0 Å². The Labute approximate surface area is 114 Å². The van der Waals surface area contributed by atoms with E-state index in [0.29, 0.717) is 18.7 Å². The summed E-state index contributed by atoms with van der Waals surface area (Å²) in [5.41, 5.74) is 0.539. The normalized spacial score (nSPS) is 13.0. The van der Waals surface area contributed by atoms with Crippen molar-refractivity contribution in [1.82, 2.24) is 4.90 Å². The van der Waals surface area contributed by atoms with E-state index in [-0.39, 0.29) is 23.7 Å². The first-order valence-corrected chi connectivity index (χ1v) is 6.51. The van der Waals surface area contributed by atoms with E-state index in [4.69, 9.17) is 4.74 Å². The highest BCUT2D eigenvalue weighted by molar-refractivity contribution is 5.99. The van der Waals surface area contributed by atoms with Crippen LogP contribution in [0.15, 0.2) is 24.3 Å². The van der Waals surface area contributed by atoms with Gasteiger partial charge < -0.3 is 4.74 Å². The number of rotatable bonds is 7. The van der Waals surface area contributed by atoms with Crippen LogP contribution in [0.2, 0.25) is 0 Å². The van der Waals surface area contributed by atoms with Gasteiger partial charge in [-0.1, -0.05) is 0 Å². The van der Waals surface area contributed by atoms with Crippen molar-refractivity contribution in [1.29, 1.82) is 0 Å². The van der Waals surface area contributed by atoms with Crippen molar-refractivity contribution < 1.29 is 13.9 Å². The second-order valence-electron chi connectivity index (χ2n) is 4.87. The molecule has 0 spiro atoms. The highest BCUT2D eigenvalue weighted by atomic mass is 19.1. The molecule has 0 radical (unpaired) electrons. The number of Topliss-reactive ketones (excluding diaryl/α,β-unsaturated/α-hetero) is 1. The first kappa shape index (κ1) is 15.8. The Morgan fingerprint density at radius 2 is 1.84 bits per heavy atom. The van der Waals surface area contributed by atoms with Crippen LogP contribution in [0.4, 0.5) is 4.39 Å². The third-order valence-electron chi connectivity index (χ3n) is 3.22. The topological polar surface area (TPSA) is 29.5 Å². The van der Waals surface area contributed by atoms with Crippen LogP contribution in [0.3, 0.4) is 0 Å². The van der Waals surface area contributed by atoms with Gasteiger partial charge in [0.25, 0.3) is 0 Å². The minimum Gasteiger partial charge on any atom is -0.383 e. The third kappa shape index (κ3) is 4.40. The third-order valence-corrected chi connectivity index (χ3v) is 3.22. The van der Waals surface area contributed by atoms with Crippen molar-refractivity contribution >= 4 is 5.78 Å². The molecule has 0 saturated carbocycles. The van der Waals surface area contributed by atoms with E-state index in [2.05, 4.69) is 4.90 Å². The lowest BCUT2D eigenvalue weighted by atomic mass is 10.0. The molecule has 1 aromatic carbocycles. The van der Waals surface area contributed by atoms with E-state index < -0.39 is 0 Å². The van der Waals surface area contributed by atoms with Crippen molar-refractivity contribution in [3.63, 3.8) is 0 Å². The Morgan fingerprint density at radius 1 is 1.26 bits per heavy atom. The quantitative estimate of drug-likeness (QED) is 0.711. The van der Waals surface area contributed by atoms with Gasteiger partial charge >= 0.3 is 0 Å². The average molecular weight is 267 g/mol. The van der Waals surface area contributed by atoms with Gasteiger partial charge in [0.15, 0.2) is 5.78 Å². The maximum Gasteiger partial charge on any atom is 0.179 e. The highest BCUT2D eigenvalue weighted by Gasteiger charge is 2.24. The van der Waals surface area contributed by atoms with Crippen molar-refractivity contribution in [3.05, 3.63) is 35.6 Å². The number of methoxy groups -OCH3 is 1. The smallest absolute Gasteiger partial charge is 0.179 e. The van der Waals surface area contributed by atoms with Crippen LogP contribution in [-0.4, -0.2) is 43.0 Å². The van der Waals surface area contributed by atoms with Gasteiger partial charge in [0, 0.05) is 25.3 Å². The second-order valence-corrected chi connectivity index (χ2v) is 4.87. The van der Waals surface area contributed by atoms with E-state index in [1.807, 2.05) is 20.8 Å². The number of benzene rings is 1. The van der Waals surface area contributed by atoms with Crippen LogP contribution in [0, 0.1) is 5.82 Å². The summed E-state index contributed by atoms with van der Waals surface area (Å²) in [5.74, 6) is -0.325. The monoisotopic (exact) mass is 267 g/mol. The zero-order valence-corrected chi connectivity index (χ0v) is 12.0. The lowest BCUT2D eigenvalue weighted by Gasteiger charge is -2.31. The molecular weight excluding hydrogens is 245 g/mol. The highest BCUT2D eigenvalue weighted by Crippen LogP contribution is 2.12. The van der Waals surface area contributed by atoms with Gasteiger partial charge in [-0.15, -0.1) is 0 Å². The molecule has 0 aromatic heterocycles. The van der Waals surface area contributed by atoms with Crippen LogP contribution < -0.4 is 0 Å². The van der Waals surface area contributed by atoms with E-state index in [1.54, 1.807) is 7.11 Å². The molecule has 0 fully saturated rings. The summed E-state index contributed by atoms with van der Waals surface area (Å²) in [6, 6.07) is 5.69. The molecule has 3 nitrogen and oxygen atoms in total. The molecule has 4 heteroatoms. The molecule has 0 amide bonds. The minimum absolute atomic E-state index is 0.00445. The Balaban J connectivity index is 2.80. The standard InChI is InChI=1S/C15H22FNO2/c1-11(2)17(9-10-19-4)12(3)15(18)13-5-7-14(16)8-6-13/h5-8,11-12H,9-10H2,1-4H3. The van der Waals surface area contributed by atoms with Crippen LogP contribution in [0.1, 0.15) is 31.1 Å². The number of ether oxygens (including phenoxy) is 1. The molecule has 19 heavy (non-hydrogen) atoms. The molecule has 0 aliphatic rings. The summed E-state index contributed by atoms with van der Waals surface area (Å²) in [7, 11) is 1.64. The summed E-state index contributed by atoms with van der Waals surface area (Å²) in [4.78, 5) is 14.4. The number of hydrogen-bond donors (Lipinski definition) is 0. The largest absolute Gasteiger partial charge is 0.383 e. The fourth-order valence-electron chi connectivity index (χ4n) is 2.10. The molecule has 1 aromatic rings. The summed E-state index contributed by atoms with van der Waals surface area (Å²) < 4.78 is 17.9. The molecule has 0 aliphatic carbocycles. The van der Waals surface area contributed by atoms with Gasteiger partial charge in [-0.25, -0.2) is 4.39 Å². The Morgan fingerprint density at radius 3 is 2.32 bits per heavy atom. The molecule has 1 atom stereocenters. The van der Waals surface area contributed by atoms with E-state index in [0.717, 1.165) is 0 Å². The molecule has 0 aliphatic heterocycles. The van der Waals surface area contributed by atoms with Gasteiger partial charge in [-0.05, 0) is 45.0 Å². The number of halogens is 1. The van der Waals surface area contributed by atoms with E-state index in [1.165, 1.54) is 24.3 Å². The fourth-order valence-corrected chi connectivity index (χ4v) is 2.10. The van der Waals surface area contributed by atoms with Crippen molar-refractivity contribution in [2.45, 2.75) is 32.9 Å². The molecular formula is C15H22FNO2. The first-order valence-electron chi connectivity index (χ1n) is 6.51. The lowest BCUT2D eigenvalue weighted by Crippen LogP contribution is -2.45. The zero-order valence-electron chi connectivity index (χ0n) is 12.0. The van der Waals surface area contributed by atoms with Gasteiger partial charge in [0.2, 0.25) is 0 Å². The molecule has 1 unspecified atom stereocenters. The molecule has 106 valence electrons. The zero-order chi connectivity index (χ0) is 14.4. The van der Waals surface area contributed by atoms with Crippen LogP contribution in [0.5, 0.6) is 0 Å². The summed E-state index contributed by atoms with van der Waals surface area (Å²) in [6.07, 6.45) is 0. The number of carbonyl (C=O) groups excluding carboxylic acids is 1. The number of carbonyl (C=O) groups is 1. The van der Waals surface area contributed by atoms with Gasteiger partial charge in [0.1, 0.15) is 5.82 Å². The predicted molar refractivity (Wildman–Crippen MR) is 73.9 cm³/mol. The van der Waals surface area contributed by atoms with E-state index in [9.17, 15) is 9.18 Å². The molecule has 0 heterocycles. The predicted octanol–water partition coefficient (Wildman–Crippen LogP) is 2.75. The fraction of sp³-hybridized carbons (Fsp3) is 0.533. The molecule has 0 saturated heterocycles. The second kappa shape index (κ2) is 7.36. The van der Waals surface area contributed by atoms with Gasteiger partial charge in [-0.3, -0.25) is 9.69 Å². The van der Waals surface area contributed by atoms with Crippen LogP contribution in [-0.2, 0) is 4.74 Å². The van der Waals surface area contributed by atoms with Crippen molar-refractivity contribution in [3.8, 4) is 0 Å².